The van der Waals surface area contributed by atoms with Crippen LogP contribution in [-0.2, 0) is 17.8 Å². The van der Waals surface area contributed by atoms with Gasteiger partial charge < -0.3 is 10.0 Å². The number of likely N-dealkylation sites (tertiary alicyclic amines) is 2. The minimum atomic E-state index is -0.0598. The van der Waals surface area contributed by atoms with Gasteiger partial charge in [0, 0.05) is 37.5 Å². The SMILES string of the molecule is CCC(=O)N1CC[C@]2(CO)CCCN(Cc3ccc4c(c3)Cc3ccccc3-4)[C@H]2C1. The van der Waals surface area contributed by atoms with Crippen molar-refractivity contribution in [3.8, 4) is 11.1 Å². The van der Waals surface area contributed by atoms with E-state index in [1.165, 1.54) is 27.8 Å². The molecule has 4 heteroatoms. The molecule has 2 heterocycles. The summed E-state index contributed by atoms with van der Waals surface area (Å²) >= 11 is 0. The van der Waals surface area contributed by atoms with Gasteiger partial charge in [-0.25, -0.2) is 0 Å². The van der Waals surface area contributed by atoms with E-state index in [4.69, 9.17) is 0 Å². The third kappa shape index (κ3) is 3.27. The van der Waals surface area contributed by atoms with Gasteiger partial charge in [0.15, 0.2) is 0 Å². The lowest BCUT2D eigenvalue weighted by molar-refractivity contribution is -0.140. The molecule has 1 N–H and O–H groups in total. The summed E-state index contributed by atoms with van der Waals surface area (Å²) < 4.78 is 0. The molecule has 4 nitrogen and oxygen atoms in total. The Balaban J connectivity index is 1.39. The van der Waals surface area contributed by atoms with Crippen LogP contribution >= 0.6 is 0 Å². The predicted molar refractivity (Wildman–Crippen MR) is 119 cm³/mol. The highest BCUT2D eigenvalue weighted by Gasteiger charge is 2.48. The van der Waals surface area contributed by atoms with Crippen molar-refractivity contribution in [3.05, 3.63) is 59.2 Å². The molecule has 0 bridgehead atoms. The Morgan fingerprint density at radius 2 is 1.93 bits per heavy atom. The number of benzene rings is 2. The van der Waals surface area contributed by atoms with Crippen LogP contribution in [0.1, 0.15) is 49.3 Å². The van der Waals surface area contributed by atoms with Crippen LogP contribution in [0.5, 0.6) is 0 Å². The normalized spacial score (nSPS) is 25.5. The monoisotopic (exact) mass is 404 g/mol. The fourth-order valence-electron chi connectivity index (χ4n) is 6.04. The van der Waals surface area contributed by atoms with Crippen LogP contribution < -0.4 is 0 Å². The number of carbonyl (C=O) groups excluding carboxylic acids is 1. The number of carbonyl (C=O) groups is 1. The number of piperidine rings is 2. The lowest BCUT2D eigenvalue weighted by Crippen LogP contribution is -2.63. The molecule has 30 heavy (non-hydrogen) atoms. The summed E-state index contributed by atoms with van der Waals surface area (Å²) in [4.78, 5) is 16.9. The second-order valence-corrected chi connectivity index (χ2v) is 9.38. The van der Waals surface area contributed by atoms with Gasteiger partial charge in [0.25, 0.3) is 0 Å². The summed E-state index contributed by atoms with van der Waals surface area (Å²) in [6, 6.07) is 15.9. The molecule has 0 saturated carbocycles. The topological polar surface area (TPSA) is 43.8 Å². The number of fused-ring (bicyclic) bond motifs is 4. The Kier molecular flexibility index (Phi) is 5.16. The highest BCUT2D eigenvalue weighted by molar-refractivity contribution is 5.77. The van der Waals surface area contributed by atoms with Gasteiger partial charge in [-0.15, -0.1) is 0 Å². The molecule has 5 rings (SSSR count). The number of nitrogens with zero attached hydrogens (tertiary/aromatic N) is 2. The zero-order chi connectivity index (χ0) is 20.7. The molecule has 1 amide bonds. The zero-order valence-corrected chi connectivity index (χ0v) is 17.9. The van der Waals surface area contributed by atoms with Gasteiger partial charge in [-0.3, -0.25) is 9.69 Å². The third-order valence-electron chi connectivity index (χ3n) is 7.75. The second-order valence-electron chi connectivity index (χ2n) is 9.38. The molecule has 2 atom stereocenters. The maximum absolute atomic E-state index is 12.4. The summed E-state index contributed by atoms with van der Waals surface area (Å²) in [5, 5.41) is 10.3. The Hall–Kier alpha value is -2.17. The van der Waals surface area contributed by atoms with Crippen molar-refractivity contribution < 1.29 is 9.90 Å². The molecule has 158 valence electrons. The first-order chi connectivity index (χ1) is 14.6. The van der Waals surface area contributed by atoms with E-state index in [0.29, 0.717) is 6.42 Å². The number of rotatable bonds is 4. The Bertz CT molecular complexity index is 956. The molecule has 1 aliphatic carbocycles. The number of hydrogen-bond donors (Lipinski definition) is 1. The number of hydrogen-bond acceptors (Lipinski definition) is 3. The van der Waals surface area contributed by atoms with E-state index in [2.05, 4.69) is 47.4 Å². The van der Waals surface area contributed by atoms with Gasteiger partial charge in [0.2, 0.25) is 5.91 Å². The van der Waals surface area contributed by atoms with Gasteiger partial charge in [0.1, 0.15) is 0 Å². The molecule has 2 aromatic rings. The third-order valence-corrected chi connectivity index (χ3v) is 7.75. The van der Waals surface area contributed by atoms with Gasteiger partial charge in [0.05, 0.1) is 6.61 Å². The van der Waals surface area contributed by atoms with E-state index < -0.39 is 0 Å². The molecular weight excluding hydrogens is 372 g/mol. The van der Waals surface area contributed by atoms with Crippen molar-refractivity contribution >= 4 is 5.91 Å². The average Bonchev–Trinajstić information content (AvgIpc) is 3.16. The highest BCUT2D eigenvalue weighted by atomic mass is 16.3. The highest BCUT2D eigenvalue weighted by Crippen LogP contribution is 2.43. The van der Waals surface area contributed by atoms with Gasteiger partial charge in [-0.2, -0.15) is 0 Å². The van der Waals surface area contributed by atoms with Gasteiger partial charge in [-0.05, 0) is 60.0 Å². The Morgan fingerprint density at radius 3 is 2.77 bits per heavy atom. The predicted octanol–water partition coefficient (Wildman–Crippen LogP) is 3.84. The molecule has 3 aliphatic rings. The van der Waals surface area contributed by atoms with E-state index in [1.54, 1.807) is 0 Å². The molecule has 2 fully saturated rings. The minimum absolute atomic E-state index is 0.0598. The number of aliphatic hydroxyl groups is 1. The van der Waals surface area contributed by atoms with E-state index in [0.717, 1.165) is 51.9 Å². The van der Waals surface area contributed by atoms with Crippen LogP contribution in [0.2, 0.25) is 0 Å². The molecule has 2 aromatic carbocycles. The number of amides is 1. The van der Waals surface area contributed by atoms with E-state index in [1.807, 2.05) is 11.8 Å². The van der Waals surface area contributed by atoms with Crippen molar-refractivity contribution in [2.45, 2.75) is 51.6 Å². The Labute approximate surface area is 179 Å². The standard InChI is InChI=1S/C26H32N2O2/c1-2-25(30)28-13-11-26(18-29)10-5-12-27(24(26)17-28)16-19-8-9-23-21(14-19)15-20-6-3-4-7-22(20)23/h3-4,6-9,14,24,29H,2,5,10-13,15-18H2,1H3/t24-,26-/m0/s1. The van der Waals surface area contributed by atoms with Crippen LogP contribution in [0.25, 0.3) is 11.1 Å². The van der Waals surface area contributed by atoms with Crippen molar-refractivity contribution in [1.82, 2.24) is 9.80 Å². The second kappa shape index (κ2) is 7.82. The fourth-order valence-corrected chi connectivity index (χ4v) is 6.04. The molecule has 0 radical (unpaired) electrons. The minimum Gasteiger partial charge on any atom is -0.396 e. The summed E-state index contributed by atoms with van der Waals surface area (Å²) in [5.41, 5.74) is 6.87. The van der Waals surface area contributed by atoms with E-state index in [9.17, 15) is 9.90 Å². The van der Waals surface area contributed by atoms with Gasteiger partial charge >= 0.3 is 0 Å². The molecular formula is C26H32N2O2. The lowest BCUT2D eigenvalue weighted by Gasteiger charge is -2.54. The largest absolute Gasteiger partial charge is 0.396 e. The molecule has 2 saturated heterocycles. The zero-order valence-electron chi connectivity index (χ0n) is 17.9. The van der Waals surface area contributed by atoms with Crippen molar-refractivity contribution in [2.24, 2.45) is 5.41 Å². The van der Waals surface area contributed by atoms with E-state index in [-0.39, 0.29) is 24.0 Å². The van der Waals surface area contributed by atoms with Crippen LogP contribution in [0.15, 0.2) is 42.5 Å². The van der Waals surface area contributed by atoms with Crippen molar-refractivity contribution in [2.75, 3.05) is 26.2 Å². The van der Waals surface area contributed by atoms with Crippen molar-refractivity contribution in [3.63, 3.8) is 0 Å². The lowest BCUT2D eigenvalue weighted by atomic mass is 9.68. The number of aliphatic hydroxyl groups excluding tert-OH is 1. The average molecular weight is 405 g/mol. The van der Waals surface area contributed by atoms with Crippen molar-refractivity contribution in [1.29, 1.82) is 0 Å². The molecule has 0 unspecified atom stereocenters. The Morgan fingerprint density at radius 1 is 1.10 bits per heavy atom. The quantitative estimate of drug-likeness (QED) is 0.718. The first kappa shape index (κ1) is 19.8. The molecule has 0 spiro atoms. The first-order valence-corrected chi connectivity index (χ1v) is 11.5. The van der Waals surface area contributed by atoms with Crippen LogP contribution in [0.4, 0.5) is 0 Å². The summed E-state index contributed by atoms with van der Waals surface area (Å²) in [7, 11) is 0. The van der Waals surface area contributed by atoms with E-state index >= 15 is 0 Å². The maximum Gasteiger partial charge on any atom is 0.222 e. The van der Waals surface area contributed by atoms with Crippen LogP contribution in [0.3, 0.4) is 0 Å². The van der Waals surface area contributed by atoms with Crippen LogP contribution in [-0.4, -0.2) is 53.1 Å². The fraction of sp³-hybridized carbons (Fsp3) is 0.500. The molecule has 0 aromatic heterocycles. The smallest absolute Gasteiger partial charge is 0.222 e. The summed E-state index contributed by atoms with van der Waals surface area (Å²) in [5.74, 6) is 0.238. The summed E-state index contributed by atoms with van der Waals surface area (Å²) in [6.07, 6.45) is 4.68. The van der Waals surface area contributed by atoms with Gasteiger partial charge in [-0.1, -0.05) is 49.4 Å². The van der Waals surface area contributed by atoms with Crippen LogP contribution in [0, 0.1) is 5.41 Å². The summed E-state index contributed by atoms with van der Waals surface area (Å²) in [6.45, 7) is 5.64. The molecule has 2 aliphatic heterocycles. The maximum atomic E-state index is 12.4. The first-order valence-electron chi connectivity index (χ1n) is 11.5.